The zero-order chi connectivity index (χ0) is 12.5. The summed E-state index contributed by atoms with van der Waals surface area (Å²) in [5.74, 6) is 1.58. The van der Waals surface area contributed by atoms with Crippen LogP contribution in [-0.4, -0.2) is 4.98 Å². The van der Waals surface area contributed by atoms with Gasteiger partial charge in [-0.25, -0.2) is 4.98 Å². The van der Waals surface area contributed by atoms with Gasteiger partial charge in [0.05, 0.1) is 10.7 Å². The van der Waals surface area contributed by atoms with Gasteiger partial charge in [0.1, 0.15) is 0 Å². The van der Waals surface area contributed by atoms with Gasteiger partial charge in [0.25, 0.3) is 0 Å². The van der Waals surface area contributed by atoms with Crippen molar-refractivity contribution in [3.8, 4) is 0 Å². The molecule has 1 saturated carbocycles. The van der Waals surface area contributed by atoms with Crippen molar-refractivity contribution >= 4 is 11.3 Å². The monoisotopic (exact) mass is 252 g/mol. The highest BCUT2D eigenvalue weighted by molar-refractivity contribution is 7.09. The van der Waals surface area contributed by atoms with E-state index in [1.807, 2.05) is 0 Å². The van der Waals surface area contributed by atoms with Gasteiger partial charge in [-0.2, -0.15) is 0 Å². The Kier molecular flexibility index (Phi) is 3.88. The smallest absolute Gasteiger partial charge is 0.0959 e. The molecule has 1 aliphatic carbocycles. The Bertz CT molecular complexity index is 357. The first-order valence-corrected chi connectivity index (χ1v) is 7.53. The van der Waals surface area contributed by atoms with Crippen LogP contribution in [0.4, 0.5) is 0 Å². The fourth-order valence-corrected chi connectivity index (χ4v) is 3.81. The molecule has 1 aliphatic rings. The van der Waals surface area contributed by atoms with Crippen LogP contribution in [0.15, 0.2) is 5.38 Å². The highest BCUT2D eigenvalue weighted by Gasteiger charge is 2.31. The van der Waals surface area contributed by atoms with E-state index >= 15 is 0 Å². The molecule has 0 bridgehead atoms. The van der Waals surface area contributed by atoms with E-state index in [0.717, 1.165) is 11.6 Å². The lowest BCUT2D eigenvalue weighted by Gasteiger charge is -2.36. The molecule has 1 aromatic rings. The Morgan fingerprint density at radius 3 is 2.41 bits per heavy atom. The number of nitrogens with two attached hydrogens (primary N) is 1. The molecule has 96 valence electrons. The van der Waals surface area contributed by atoms with Gasteiger partial charge in [-0.1, -0.05) is 20.8 Å². The summed E-state index contributed by atoms with van der Waals surface area (Å²) in [4.78, 5) is 4.63. The lowest BCUT2D eigenvalue weighted by molar-refractivity contribution is 0.169. The van der Waals surface area contributed by atoms with Crippen molar-refractivity contribution in [3.63, 3.8) is 0 Å². The molecule has 3 heteroatoms. The van der Waals surface area contributed by atoms with Gasteiger partial charge >= 0.3 is 0 Å². The van der Waals surface area contributed by atoms with E-state index in [1.165, 1.54) is 30.7 Å². The molecule has 2 nitrogen and oxygen atoms in total. The zero-order valence-electron chi connectivity index (χ0n) is 11.2. The van der Waals surface area contributed by atoms with Crippen LogP contribution < -0.4 is 5.73 Å². The second-order valence-electron chi connectivity index (χ2n) is 6.30. The molecule has 2 N–H and O–H groups in total. The molecular formula is C14H24N2S. The number of rotatable bonds is 2. The number of thiazole rings is 1. The van der Waals surface area contributed by atoms with Crippen LogP contribution in [0.25, 0.3) is 0 Å². The molecule has 0 radical (unpaired) electrons. The van der Waals surface area contributed by atoms with Crippen molar-refractivity contribution < 1.29 is 0 Å². The van der Waals surface area contributed by atoms with E-state index in [9.17, 15) is 0 Å². The molecule has 2 rings (SSSR count). The minimum atomic E-state index is 0.469. The Labute approximate surface area is 109 Å². The zero-order valence-corrected chi connectivity index (χ0v) is 12.0. The quantitative estimate of drug-likeness (QED) is 0.866. The first-order chi connectivity index (χ1) is 8.00. The lowest BCUT2D eigenvalue weighted by atomic mass is 9.70. The third kappa shape index (κ3) is 3.08. The number of aromatic nitrogens is 1. The third-order valence-electron chi connectivity index (χ3n) is 4.08. The van der Waals surface area contributed by atoms with E-state index in [2.05, 4.69) is 31.1 Å². The largest absolute Gasteiger partial charge is 0.325 e. The van der Waals surface area contributed by atoms with Gasteiger partial charge in [-0.15, -0.1) is 11.3 Å². The van der Waals surface area contributed by atoms with E-state index < -0.39 is 0 Å². The van der Waals surface area contributed by atoms with Crippen molar-refractivity contribution in [2.45, 2.75) is 58.9 Å². The van der Waals surface area contributed by atoms with Crippen LogP contribution in [0.1, 0.15) is 63.1 Å². The van der Waals surface area contributed by atoms with Crippen LogP contribution in [-0.2, 0) is 6.54 Å². The molecule has 17 heavy (non-hydrogen) atoms. The van der Waals surface area contributed by atoms with Gasteiger partial charge in [0.2, 0.25) is 0 Å². The van der Waals surface area contributed by atoms with E-state index in [0.29, 0.717) is 17.9 Å². The highest BCUT2D eigenvalue weighted by atomic mass is 32.1. The van der Waals surface area contributed by atoms with Crippen molar-refractivity contribution in [3.05, 3.63) is 16.1 Å². The average molecular weight is 252 g/mol. The van der Waals surface area contributed by atoms with Gasteiger partial charge in [-0.3, -0.25) is 0 Å². The fourth-order valence-electron chi connectivity index (χ4n) is 2.81. The molecule has 0 atom stereocenters. The van der Waals surface area contributed by atoms with Crippen molar-refractivity contribution in [2.24, 2.45) is 17.1 Å². The predicted molar refractivity (Wildman–Crippen MR) is 74.2 cm³/mol. The summed E-state index contributed by atoms with van der Waals surface area (Å²) in [6.45, 7) is 7.68. The maximum Gasteiger partial charge on any atom is 0.0959 e. The molecule has 0 aliphatic heterocycles. The second kappa shape index (κ2) is 5.07. The van der Waals surface area contributed by atoms with E-state index in [1.54, 1.807) is 11.3 Å². The van der Waals surface area contributed by atoms with Crippen LogP contribution in [0.2, 0.25) is 0 Å². The second-order valence-corrected chi connectivity index (χ2v) is 7.19. The standard InChI is InChI=1S/C14H24N2S/c1-14(2,3)11-6-4-10(5-7-11)13-16-12(8-15)9-17-13/h9-11H,4-8,15H2,1-3H3. The third-order valence-corrected chi connectivity index (χ3v) is 5.14. The fraction of sp³-hybridized carbons (Fsp3) is 0.786. The molecule has 0 unspecified atom stereocenters. The van der Waals surface area contributed by atoms with Crippen molar-refractivity contribution in [1.82, 2.24) is 4.98 Å². The van der Waals surface area contributed by atoms with E-state index in [-0.39, 0.29) is 0 Å². The van der Waals surface area contributed by atoms with E-state index in [4.69, 9.17) is 5.73 Å². The number of hydrogen-bond donors (Lipinski definition) is 1. The first-order valence-electron chi connectivity index (χ1n) is 6.65. The molecule has 1 aromatic heterocycles. The van der Waals surface area contributed by atoms with Crippen molar-refractivity contribution in [1.29, 1.82) is 0 Å². The summed E-state index contributed by atoms with van der Waals surface area (Å²) in [5, 5.41) is 3.43. The van der Waals surface area contributed by atoms with Crippen LogP contribution >= 0.6 is 11.3 Å². The minimum Gasteiger partial charge on any atom is -0.325 e. The van der Waals surface area contributed by atoms with Crippen LogP contribution in [0, 0.1) is 11.3 Å². The van der Waals surface area contributed by atoms with Crippen LogP contribution in [0.5, 0.6) is 0 Å². The lowest BCUT2D eigenvalue weighted by Crippen LogP contribution is -2.25. The maximum absolute atomic E-state index is 5.62. The number of nitrogens with zero attached hydrogens (tertiary/aromatic N) is 1. The summed E-state index contributed by atoms with van der Waals surface area (Å²) in [6.07, 6.45) is 5.32. The minimum absolute atomic E-state index is 0.469. The molecule has 0 spiro atoms. The Morgan fingerprint density at radius 1 is 1.29 bits per heavy atom. The van der Waals surface area contributed by atoms with Crippen LogP contribution in [0.3, 0.4) is 0 Å². The van der Waals surface area contributed by atoms with Gasteiger partial charge in [0, 0.05) is 17.8 Å². The SMILES string of the molecule is CC(C)(C)C1CCC(c2nc(CN)cs2)CC1. The summed E-state index contributed by atoms with van der Waals surface area (Å²) in [6, 6.07) is 0. The molecule has 1 fully saturated rings. The molecule has 0 saturated heterocycles. The summed E-state index contributed by atoms with van der Waals surface area (Å²) in [5.41, 5.74) is 7.14. The Balaban J connectivity index is 1.95. The van der Waals surface area contributed by atoms with Gasteiger partial charge < -0.3 is 5.73 Å². The first kappa shape index (κ1) is 13.0. The maximum atomic E-state index is 5.62. The average Bonchev–Trinajstić information content (AvgIpc) is 2.76. The van der Waals surface area contributed by atoms with Crippen molar-refractivity contribution in [2.75, 3.05) is 0 Å². The number of hydrogen-bond acceptors (Lipinski definition) is 3. The molecular weight excluding hydrogens is 228 g/mol. The Morgan fingerprint density at radius 2 is 1.94 bits per heavy atom. The summed E-state index contributed by atoms with van der Waals surface area (Å²) < 4.78 is 0. The topological polar surface area (TPSA) is 38.9 Å². The molecule has 0 amide bonds. The predicted octanol–water partition coefficient (Wildman–Crippen LogP) is 3.92. The molecule has 0 aromatic carbocycles. The summed E-state index contributed by atoms with van der Waals surface area (Å²) in [7, 11) is 0. The Hall–Kier alpha value is -0.410. The highest BCUT2D eigenvalue weighted by Crippen LogP contribution is 2.43. The van der Waals surface area contributed by atoms with Gasteiger partial charge in [-0.05, 0) is 37.0 Å². The normalized spacial score (nSPS) is 26.1. The van der Waals surface area contributed by atoms with Gasteiger partial charge in [0.15, 0.2) is 0 Å². The summed E-state index contributed by atoms with van der Waals surface area (Å²) >= 11 is 1.80. The molecule has 1 heterocycles.